The average molecular weight is 170 g/mol. The lowest BCUT2D eigenvalue weighted by molar-refractivity contribution is 0.182. The van der Waals surface area contributed by atoms with E-state index in [1.807, 2.05) is 0 Å². The molecule has 0 amide bonds. The molecular formula is C11H22O. The molecule has 1 nitrogen and oxygen atoms in total. The molecule has 0 aromatic carbocycles. The summed E-state index contributed by atoms with van der Waals surface area (Å²) in [7, 11) is 0. The van der Waals surface area contributed by atoms with Gasteiger partial charge in [-0.2, -0.15) is 0 Å². The van der Waals surface area contributed by atoms with Crippen LogP contribution >= 0.6 is 0 Å². The first kappa shape index (κ1) is 10.0. The van der Waals surface area contributed by atoms with Gasteiger partial charge in [0.05, 0.1) is 0 Å². The Morgan fingerprint density at radius 2 is 2.17 bits per heavy atom. The standard InChI is InChI=1S/C11H22O/c1-9-4-3-5-11(6-9)7-10(2)8-12/h9-12H,3-8H2,1-2H3. The topological polar surface area (TPSA) is 20.2 Å². The quantitative estimate of drug-likeness (QED) is 0.690. The largest absolute Gasteiger partial charge is 0.396 e. The Morgan fingerprint density at radius 3 is 2.75 bits per heavy atom. The molecule has 1 aliphatic rings. The van der Waals surface area contributed by atoms with E-state index in [-0.39, 0.29) is 0 Å². The maximum absolute atomic E-state index is 8.93. The van der Waals surface area contributed by atoms with Crippen LogP contribution < -0.4 is 0 Å². The zero-order valence-corrected chi connectivity index (χ0v) is 8.42. The highest BCUT2D eigenvalue weighted by molar-refractivity contribution is 4.72. The third-order valence-corrected chi connectivity index (χ3v) is 3.09. The van der Waals surface area contributed by atoms with Crippen molar-refractivity contribution in [1.29, 1.82) is 0 Å². The SMILES string of the molecule is CC(CO)CC1CCCC(C)C1. The van der Waals surface area contributed by atoms with E-state index < -0.39 is 0 Å². The van der Waals surface area contributed by atoms with E-state index in [1.165, 1.54) is 32.1 Å². The molecule has 1 saturated carbocycles. The summed E-state index contributed by atoms with van der Waals surface area (Å²) in [4.78, 5) is 0. The van der Waals surface area contributed by atoms with E-state index >= 15 is 0 Å². The minimum atomic E-state index is 0.366. The molecule has 1 aliphatic carbocycles. The maximum Gasteiger partial charge on any atom is 0.0456 e. The van der Waals surface area contributed by atoms with Crippen LogP contribution in [0.4, 0.5) is 0 Å². The number of hydrogen-bond donors (Lipinski definition) is 1. The molecule has 3 atom stereocenters. The Bertz CT molecular complexity index is 122. The van der Waals surface area contributed by atoms with E-state index in [0.29, 0.717) is 12.5 Å². The van der Waals surface area contributed by atoms with Crippen molar-refractivity contribution in [1.82, 2.24) is 0 Å². The van der Waals surface area contributed by atoms with Crippen molar-refractivity contribution in [2.75, 3.05) is 6.61 Å². The van der Waals surface area contributed by atoms with Crippen LogP contribution in [-0.4, -0.2) is 11.7 Å². The molecule has 1 heteroatoms. The van der Waals surface area contributed by atoms with E-state index in [2.05, 4.69) is 13.8 Å². The highest BCUT2D eigenvalue weighted by atomic mass is 16.3. The normalized spacial score (nSPS) is 33.2. The van der Waals surface area contributed by atoms with Gasteiger partial charge in [0.2, 0.25) is 0 Å². The number of aliphatic hydroxyl groups is 1. The van der Waals surface area contributed by atoms with Gasteiger partial charge in [0.15, 0.2) is 0 Å². The van der Waals surface area contributed by atoms with Gasteiger partial charge in [0, 0.05) is 6.61 Å². The van der Waals surface area contributed by atoms with Gasteiger partial charge in [0.1, 0.15) is 0 Å². The lowest BCUT2D eigenvalue weighted by Crippen LogP contribution is -2.17. The van der Waals surface area contributed by atoms with Crippen molar-refractivity contribution in [3.05, 3.63) is 0 Å². The van der Waals surface area contributed by atoms with Gasteiger partial charge in [-0.05, 0) is 30.6 Å². The van der Waals surface area contributed by atoms with Crippen LogP contribution in [0.5, 0.6) is 0 Å². The van der Waals surface area contributed by atoms with Crippen molar-refractivity contribution in [3.8, 4) is 0 Å². The van der Waals surface area contributed by atoms with Crippen LogP contribution in [0.15, 0.2) is 0 Å². The van der Waals surface area contributed by atoms with Gasteiger partial charge < -0.3 is 5.11 Å². The van der Waals surface area contributed by atoms with Crippen LogP contribution in [0, 0.1) is 17.8 Å². The van der Waals surface area contributed by atoms with E-state index in [1.54, 1.807) is 0 Å². The third-order valence-electron chi connectivity index (χ3n) is 3.09. The molecular weight excluding hydrogens is 148 g/mol. The highest BCUT2D eigenvalue weighted by Gasteiger charge is 2.20. The van der Waals surface area contributed by atoms with E-state index in [4.69, 9.17) is 5.11 Å². The first-order valence-electron chi connectivity index (χ1n) is 5.33. The van der Waals surface area contributed by atoms with Gasteiger partial charge in [-0.1, -0.05) is 33.1 Å². The molecule has 1 fully saturated rings. The first-order chi connectivity index (χ1) is 5.72. The average Bonchev–Trinajstić information content (AvgIpc) is 2.04. The van der Waals surface area contributed by atoms with Crippen molar-refractivity contribution in [2.24, 2.45) is 17.8 Å². The lowest BCUT2D eigenvalue weighted by atomic mass is 9.78. The Hall–Kier alpha value is -0.0400. The number of rotatable bonds is 3. The second-order valence-corrected chi connectivity index (χ2v) is 4.66. The fourth-order valence-electron chi connectivity index (χ4n) is 2.42. The maximum atomic E-state index is 8.93. The first-order valence-corrected chi connectivity index (χ1v) is 5.33. The molecule has 0 spiro atoms. The summed E-state index contributed by atoms with van der Waals surface area (Å²) in [5.74, 6) is 2.34. The van der Waals surface area contributed by atoms with Gasteiger partial charge in [-0.3, -0.25) is 0 Å². The van der Waals surface area contributed by atoms with Crippen LogP contribution in [0.25, 0.3) is 0 Å². The van der Waals surface area contributed by atoms with Crippen molar-refractivity contribution in [2.45, 2.75) is 46.0 Å². The molecule has 0 saturated heterocycles. The highest BCUT2D eigenvalue weighted by Crippen LogP contribution is 2.32. The van der Waals surface area contributed by atoms with E-state index in [0.717, 1.165) is 11.8 Å². The van der Waals surface area contributed by atoms with Gasteiger partial charge >= 0.3 is 0 Å². The molecule has 0 aromatic heterocycles. The van der Waals surface area contributed by atoms with Crippen molar-refractivity contribution < 1.29 is 5.11 Å². The predicted molar refractivity (Wildman–Crippen MR) is 52.0 cm³/mol. The van der Waals surface area contributed by atoms with Crippen molar-refractivity contribution in [3.63, 3.8) is 0 Å². The zero-order chi connectivity index (χ0) is 8.97. The van der Waals surface area contributed by atoms with Crippen LogP contribution in [0.3, 0.4) is 0 Å². The summed E-state index contributed by atoms with van der Waals surface area (Å²) in [6.45, 7) is 4.87. The number of hydrogen-bond acceptors (Lipinski definition) is 1. The van der Waals surface area contributed by atoms with Gasteiger partial charge in [0.25, 0.3) is 0 Å². The molecule has 0 bridgehead atoms. The summed E-state index contributed by atoms with van der Waals surface area (Å²) in [5.41, 5.74) is 0. The fourth-order valence-corrected chi connectivity index (χ4v) is 2.42. The molecule has 1 rings (SSSR count). The molecule has 0 radical (unpaired) electrons. The third kappa shape index (κ3) is 3.14. The molecule has 0 aromatic rings. The van der Waals surface area contributed by atoms with Gasteiger partial charge in [-0.15, -0.1) is 0 Å². The molecule has 12 heavy (non-hydrogen) atoms. The second-order valence-electron chi connectivity index (χ2n) is 4.66. The second kappa shape index (κ2) is 4.86. The van der Waals surface area contributed by atoms with Crippen LogP contribution in [0.2, 0.25) is 0 Å². The smallest absolute Gasteiger partial charge is 0.0456 e. The molecule has 1 N–H and O–H groups in total. The minimum absolute atomic E-state index is 0.366. The molecule has 0 heterocycles. The van der Waals surface area contributed by atoms with Gasteiger partial charge in [-0.25, -0.2) is 0 Å². The summed E-state index contributed by atoms with van der Waals surface area (Å²) in [5, 5.41) is 8.93. The summed E-state index contributed by atoms with van der Waals surface area (Å²) in [6, 6.07) is 0. The Morgan fingerprint density at radius 1 is 1.42 bits per heavy atom. The predicted octanol–water partition coefficient (Wildman–Crippen LogP) is 2.83. The summed E-state index contributed by atoms with van der Waals surface area (Å²) in [6.07, 6.45) is 6.86. The fraction of sp³-hybridized carbons (Fsp3) is 1.00. The molecule has 0 aliphatic heterocycles. The van der Waals surface area contributed by atoms with E-state index in [9.17, 15) is 0 Å². The lowest BCUT2D eigenvalue weighted by Gasteiger charge is -2.28. The molecule has 72 valence electrons. The summed E-state index contributed by atoms with van der Waals surface area (Å²) < 4.78 is 0. The minimum Gasteiger partial charge on any atom is -0.396 e. The molecule has 3 unspecified atom stereocenters. The number of aliphatic hydroxyl groups excluding tert-OH is 1. The van der Waals surface area contributed by atoms with Crippen LogP contribution in [-0.2, 0) is 0 Å². The Kier molecular flexibility index (Phi) is 4.07. The zero-order valence-electron chi connectivity index (χ0n) is 8.42. The van der Waals surface area contributed by atoms with Crippen LogP contribution in [0.1, 0.15) is 46.0 Å². The Balaban J connectivity index is 2.22. The summed E-state index contributed by atoms with van der Waals surface area (Å²) >= 11 is 0. The van der Waals surface area contributed by atoms with Crippen molar-refractivity contribution >= 4 is 0 Å². The Labute approximate surface area is 76.2 Å². The monoisotopic (exact) mass is 170 g/mol.